The van der Waals surface area contributed by atoms with E-state index in [-0.39, 0.29) is 42.0 Å². The molecule has 1 atom stereocenters. The summed E-state index contributed by atoms with van der Waals surface area (Å²) in [6, 6.07) is 16.5. The molecular weight excluding hydrogens is 621 g/mol. The zero-order valence-corrected chi connectivity index (χ0v) is 24.6. The van der Waals surface area contributed by atoms with Gasteiger partial charge in [0.25, 0.3) is 5.91 Å². The van der Waals surface area contributed by atoms with Gasteiger partial charge < -0.3 is 31.9 Å². The molecule has 0 saturated heterocycles. The lowest BCUT2D eigenvalue weighted by molar-refractivity contribution is -0.123. The predicted octanol–water partition coefficient (Wildman–Crippen LogP) is 4.55. The van der Waals surface area contributed by atoms with Gasteiger partial charge in [0.05, 0.1) is 6.61 Å². The van der Waals surface area contributed by atoms with Crippen LogP contribution in [-0.2, 0) is 17.8 Å². The van der Waals surface area contributed by atoms with Crippen molar-refractivity contribution in [3.05, 3.63) is 91.9 Å². The van der Waals surface area contributed by atoms with Gasteiger partial charge in [0.2, 0.25) is 5.91 Å². The summed E-state index contributed by atoms with van der Waals surface area (Å²) in [5, 5.41) is 17.1. The summed E-state index contributed by atoms with van der Waals surface area (Å²) < 4.78 is 6.14. The fourth-order valence-corrected chi connectivity index (χ4v) is 4.58. The number of phenolic OH excluding ortho intramolecular Hbond substituents is 1. The van der Waals surface area contributed by atoms with Crippen LogP contribution in [0.5, 0.6) is 11.5 Å². The second kappa shape index (κ2) is 15.4. The van der Waals surface area contributed by atoms with Crippen LogP contribution in [-0.4, -0.2) is 42.1 Å². The summed E-state index contributed by atoms with van der Waals surface area (Å²) in [6.07, 6.45) is 1.21. The number of nitrogens with zero attached hydrogens (tertiary/aromatic N) is 1. The third-order valence-electron chi connectivity index (χ3n) is 5.80. The summed E-state index contributed by atoms with van der Waals surface area (Å²) in [5.41, 5.74) is 12.6. The predicted molar refractivity (Wildman–Crippen MR) is 161 cm³/mol. The lowest BCUT2D eigenvalue weighted by Gasteiger charge is -2.19. The van der Waals surface area contributed by atoms with Crippen molar-refractivity contribution >= 4 is 56.9 Å². The van der Waals surface area contributed by atoms with Crippen LogP contribution < -0.4 is 26.8 Å². The van der Waals surface area contributed by atoms with E-state index in [0.717, 1.165) is 11.1 Å². The number of amides is 2. The molecule has 12 heteroatoms. The Bertz CT molecular complexity index is 1350. The molecule has 2 amide bonds. The van der Waals surface area contributed by atoms with E-state index in [2.05, 4.69) is 31.6 Å². The molecule has 40 heavy (non-hydrogen) atoms. The molecule has 0 aliphatic rings. The van der Waals surface area contributed by atoms with Crippen LogP contribution in [0.15, 0.2) is 70.1 Å². The quantitative estimate of drug-likeness (QED) is 0.104. The molecule has 212 valence electrons. The van der Waals surface area contributed by atoms with Crippen molar-refractivity contribution in [3.8, 4) is 11.5 Å². The molecule has 0 bridgehead atoms. The van der Waals surface area contributed by atoms with Crippen LogP contribution in [0.3, 0.4) is 0 Å². The van der Waals surface area contributed by atoms with Crippen molar-refractivity contribution < 1.29 is 19.4 Å². The van der Waals surface area contributed by atoms with E-state index < -0.39 is 11.9 Å². The fraction of sp³-hybridized carbons (Fsp3) is 0.250. The van der Waals surface area contributed by atoms with Gasteiger partial charge in [-0.1, -0.05) is 59.6 Å². The Labute approximate surface area is 251 Å². The lowest BCUT2D eigenvalue weighted by atomic mass is 10.1. The zero-order valence-electron chi connectivity index (χ0n) is 21.5. The molecule has 3 rings (SSSR count). The number of ether oxygens (including phenoxy) is 1. The van der Waals surface area contributed by atoms with Crippen molar-refractivity contribution in [3.63, 3.8) is 0 Å². The van der Waals surface area contributed by atoms with Gasteiger partial charge in [0.15, 0.2) is 5.96 Å². The Hall–Kier alpha value is -3.47. The smallest absolute Gasteiger partial charge is 0.252 e. The Kier molecular flexibility index (Phi) is 11.9. The maximum absolute atomic E-state index is 13.2. The molecule has 0 saturated carbocycles. The largest absolute Gasteiger partial charge is 0.507 e. The second-order valence-electron chi connectivity index (χ2n) is 8.82. The second-order valence-corrected chi connectivity index (χ2v) is 10.5. The lowest BCUT2D eigenvalue weighted by Crippen LogP contribution is -2.46. The number of nitrogens with two attached hydrogens (primary N) is 2. The van der Waals surface area contributed by atoms with E-state index in [1.807, 2.05) is 30.3 Å². The number of carbonyl (C=O) groups excluding carboxylic acids is 2. The molecular formula is C28H30BrCl2N5O4. The van der Waals surface area contributed by atoms with Gasteiger partial charge in [-0.15, -0.1) is 0 Å². The summed E-state index contributed by atoms with van der Waals surface area (Å²) in [5.74, 6) is -0.905. The average molecular weight is 651 g/mol. The number of phenols is 1. The Morgan fingerprint density at radius 2 is 1.82 bits per heavy atom. The van der Waals surface area contributed by atoms with Gasteiger partial charge in [-0.25, -0.2) is 0 Å². The first-order valence-electron chi connectivity index (χ1n) is 12.4. The van der Waals surface area contributed by atoms with Gasteiger partial charge >= 0.3 is 0 Å². The van der Waals surface area contributed by atoms with Crippen LogP contribution >= 0.6 is 39.1 Å². The number of hydrogen-bond donors (Lipinski definition) is 5. The number of guanidine groups is 1. The molecule has 9 nitrogen and oxygen atoms in total. The molecule has 0 aromatic heterocycles. The van der Waals surface area contributed by atoms with Crippen LogP contribution in [0.4, 0.5) is 0 Å². The number of aliphatic imine (C=N–C) groups is 1. The highest BCUT2D eigenvalue weighted by Crippen LogP contribution is 2.35. The van der Waals surface area contributed by atoms with E-state index in [1.165, 1.54) is 12.1 Å². The normalized spacial score (nSPS) is 11.4. The van der Waals surface area contributed by atoms with Gasteiger partial charge in [-0.2, -0.15) is 0 Å². The van der Waals surface area contributed by atoms with E-state index in [9.17, 15) is 14.7 Å². The average Bonchev–Trinajstić information content (AvgIpc) is 2.92. The van der Waals surface area contributed by atoms with Gasteiger partial charge in [0, 0.05) is 35.1 Å². The molecule has 3 aromatic carbocycles. The van der Waals surface area contributed by atoms with Gasteiger partial charge in [-0.3, -0.25) is 14.6 Å². The maximum Gasteiger partial charge on any atom is 0.252 e. The van der Waals surface area contributed by atoms with Crippen molar-refractivity contribution in [2.45, 2.75) is 31.8 Å². The SMILES string of the molecule is NC(N)=NCCC[C@H](NC(=O)c1cc(O)c(Br)c(OCCc2ccc(Cl)cc2Cl)c1)C(=O)NCc1ccccc1. The first kappa shape index (κ1) is 31.1. The monoisotopic (exact) mass is 649 g/mol. The molecule has 0 aliphatic carbocycles. The highest BCUT2D eigenvalue weighted by atomic mass is 79.9. The van der Waals surface area contributed by atoms with Crippen LogP contribution in [0.1, 0.15) is 34.3 Å². The van der Waals surface area contributed by atoms with E-state index >= 15 is 0 Å². The summed E-state index contributed by atoms with van der Waals surface area (Å²) >= 11 is 15.5. The van der Waals surface area contributed by atoms with E-state index in [1.54, 1.807) is 18.2 Å². The molecule has 7 N–H and O–H groups in total. The summed E-state index contributed by atoms with van der Waals surface area (Å²) in [4.78, 5) is 30.1. The van der Waals surface area contributed by atoms with Crippen LogP contribution in [0, 0.1) is 0 Å². The minimum absolute atomic E-state index is 0.0506. The summed E-state index contributed by atoms with van der Waals surface area (Å²) in [6.45, 7) is 0.823. The number of nitrogens with one attached hydrogen (secondary N) is 2. The van der Waals surface area contributed by atoms with Gasteiger partial charge in [-0.05, 0) is 64.2 Å². The number of benzene rings is 3. The third kappa shape index (κ3) is 9.62. The Morgan fingerprint density at radius 1 is 1.07 bits per heavy atom. The number of carbonyl (C=O) groups is 2. The topological polar surface area (TPSA) is 152 Å². The molecule has 0 fully saturated rings. The molecule has 3 aromatic rings. The van der Waals surface area contributed by atoms with Crippen molar-refractivity contribution in [1.29, 1.82) is 0 Å². The molecule has 0 heterocycles. The van der Waals surface area contributed by atoms with Gasteiger partial charge in [0.1, 0.15) is 22.0 Å². The van der Waals surface area contributed by atoms with Crippen LogP contribution in [0.2, 0.25) is 10.0 Å². The fourth-order valence-electron chi connectivity index (χ4n) is 3.74. The molecule has 0 aliphatic heterocycles. The number of rotatable bonds is 13. The molecule has 0 unspecified atom stereocenters. The highest BCUT2D eigenvalue weighted by Gasteiger charge is 2.23. The molecule has 0 spiro atoms. The van der Waals surface area contributed by atoms with E-state index in [0.29, 0.717) is 40.4 Å². The number of halogens is 3. The first-order valence-corrected chi connectivity index (χ1v) is 14.0. The van der Waals surface area contributed by atoms with Crippen molar-refractivity contribution in [2.24, 2.45) is 16.5 Å². The number of aromatic hydroxyl groups is 1. The minimum atomic E-state index is -0.868. The summed E-state index contributed by atoms with van der Waals surface area (Å²) in [7, 11) is 0. The van der Waals surface area contributed by atoms with Crippen molar-refractivity contribution in [2.75, 3.05) is 13.2 Å². The standard InChI is InChI=1S/C28H30BrCl2N5O4/c29-25-23(37)13-19(14-24(25)40-12-10-18-8-9-20(30)15-21(18)31)26(38)36-22(7-4-11-34-28(32)33)27(39)35-16-17-5-2-1-3-6-17/h1-3,5-6,8-9,13-15,22,37H,4,7,10-12,16H2,(H,35,39)(H,36,38)(H4,32,33,34)/t22-/m0/s1. The third-order valence-corrected chi connectivity index (χ3v) is 7.19. The number of hydrogen-bond acceptors (Lipinski definition) is 5. The highest BCUT2D eigenvalue weighted by molar-refractivity contribution is 9.10. The van der Waals surface area contributed by atoms with Crippen LogP contribution in [0.25, 0.3) is 0 Å². The molecule has 0 radical (unpaired) electrons. The Morgan fingerprint density at radius 3 is 2.52 bits per heavy atom. The Balaban J connectivity index is 1.69. The minimum Gasteiger partial charge on any atom is -0.507 e. The zero-order chi connectivity index (χ0) is 29.1. The van der Waals surface area contributed by atoms with Crippen molar-refractivity contribution in [1.82, 2.24) is 10.6 Å². The first-order chi connectivity index (χ1) is 19.1. The van der Waals surface area contributed by atoms with E-state index in [4.69, 9.17) is 39.4 Å². The maximum atomic E-state index is 13.2.